The number of hydrogen-bond donors (Lipinski definition) is 2. The van der Waals surface area contributed by atoms with E-state index in [2.05, 4.69) is 30.6 Å². The van der Waals surface area contributed by atoms with E-state index in [1.165, 1.54) is 13.0 Å². The van der Waals surface area contributed by atoms with E-state index in [-0.39, 0.29) is 11.5 Å². The lowest BCUT2D eigenvalue weighted by molar-refractivity contribution is -0.141. The molecule has 3 aromatic heterocycles. The minimum atomic E-state index is -4.66. The van der Waals surface area contributed by atoms with E-state index >= 15 is 0 Å². The Hall–Kier alpha value is -4.67. The van der Waals surface area contributed by atoms with Crippen molar-refractivity contribution in [1.82, 2.24) is 19.9 Å². The molecular weight excluding hydrogens is 485 g/mol. The van der Waals surface area contributed by atoms with E-state index in [1.54, 1.807) is 49.5 Å². The second-order valence-electron chi connectivity index (χ2n) is 8.21. The van der Waals surface area contributed by atoms with Gasteiger partial charge in [-0.05, 0) is 61.9 Å². The van der Waals surface area contributed by atoms with E-state index in [9.17, 15) is 22.8 Å². The second kappa shape index (κ2) is 10.1. The Morgan fingerprint density at radius 3 is 2.30 bits per heavy atom. The summed E-state index contributed by atoms with van der Waals surface area (Å²) < 4.78 is 38.9. The van der Waals surface area contributed by atoms with Gasteiger partial charge in [-0.15, -0.1) is 0 Å². The first-order valence-corrected chi connectivity index (χ1v) is 11.0. The maximum atomic E-state index is 13.0. The molecule has 0 saturated carbocycles. The van der Waals surface area contributed by atoms with Gasteiger partial charge in [0, 0.05) is 41.7 Å². The molecule has 8 nitrogen and oxygen atoms in total. The van der Waals surface area contributed by atoms with Crippen LogP contribution < -0.4 is 10.6 Å². The summed E-state index contributed by atoms with van der Waals surface area (Å²) >= 11 is 0. The molecule has 4 aromatic rings. The predicted octanol–water partition coefficient (Wildman–Crippen LogP) is 5.45. The van der Waals surface area contributed by atoms with Crippen LogP contribution in [0.15, 0.2) is 60.9 Å². The van der Waals surface area contributed by atoms with Crippen molar-refractivity contribution in [2.24, 2.45) is 0 Å². The van der Waals surface area contributed by atoms with Crippen LogP contribution in [0.4, 0.5) is 24.7 Å². The number of hydrogen-bond acceptors (Lipinski definition) is 6. The van der Waals surface area contributed by atoms with Crippen LogP contribution in [-0.2, 0) is 11.0 Å². The number of aryl methyl sites for hydroxylation is 2. The van der Waals surface area contributed by atoms with Gasteiger partial charge in [-0.3, -0.25) is 14.6 Å². The molecule has 0 radical (unpaired) electrons. The second-order valence-corrected chi connectivity index (χ2v) is 8.21. The summed E-state index contributed by atoms with van der Waals surface area (Å²) in [5.41, 5.74) is 2.52. The topological polar surface area (TPSA) is 110 Å². The van der Waals surface area contributed by atoms with Crippen LogP contribution >= 0.6 is 0 Å². The largest absolute Gasteiger partial charge is 0.433 e. The molecule has 0 spiro atoms. The van der Waals surface area contributed by atoms with Crippen molar-refractivity contribution < 1.29 is 22.8 Å². The van der Waals surface area contributed by atoms with Gasteiger partial charge >= 0.3 is 6.18 Å². The van der Waals surface area contributed by atoms with Gasteiger partial charge in [0.2, 0.25) is 5.91 Å². The number of rotatable bonds is 5. The number of carbonyl (C=O) groups excluding carboxylic acids is 2. The van der Waals surface area contributed by atoms with Crippen molar-refractivity contribution in [3.05, 3.63) is 83.6 Å². The van der Waals surface area contributed by atoms with Crippen LogP contribution in [0.5, 0.6) is 0 Å². The van der Waals surface area contributed by atoms with Crippen LogP contribution in [-0.4, -0.2) is 31.8 Å². The Bertz CT molecular complexity index is 1500. The lowest BCUT2D eigenvalue weighted by Gasteiger charge is -2.13. The summed E-state index contributed by atoms with van der Waals surface area (Å²) in [5.74, 6) is -0.0752. The molecule has 37 heavy (non-hydrogen) atoms. The van der Waals surface area contributed by atoms with Crippen molar-refractivity contribution in [1.29, 1.82) is 0 Å². The summed E-state index contributed by atoms with van der Waals surface area (Å²) in [5, 5.41) is 5.27. The number of pyridine rings is 2. The lowest BCUT2D eigenvalue weighted by Crippen LogP contribution is -2.15. The Kier molecular flexibility index (Phi) is 6.96. The molecule has 0 aliphatic heterocycles. The average Bonchev–Trinajstić information content (AvgIpc) is 2.84. The average molecular weight is 506 g/mol. The Morgan fingerprint density at radius 2 is 1.57 bits per heavy atom. The number of aromatic nitrogens is 4. The summed E-state index contributed by atoms with van der Waals surface area (Å²) in [4.78, 5) is 40.5. The zero-order valence-electron chi connectivity index (χ0n) is 20.0. The molecule has 0 unspecified atom stereocenters. The zero-order chi connectivity index (χ0) is 26.7. The molecule has 1 aromatic carbocycles. The number of benzene rings is 1. The number of carbonyl (C=O) groups is 2. The maximum Gasteiger partial charge on any atom is 0.433 e. The SMILES string of the molecule is CC(=O)Nc1cc(-c2cc(-c3cc(NC(=O)c4ccnc(C(F)(F)F)c4)ccc3C)nc(C)n2)ccn1. The third-order valence-electron chi connectivity index (χ3n) is 5.28. The summed E-state index contributed by atoms with van der Waals surface area (Å²) in [6.07, 6.45) is -2.16. The molecule has 3 heterocycles. The minimum absolute atomic E-state index is 0.169. The van der Waals surface area contributed by atoms with Crippen molar-refractivity contribution in [3.8, 4) is 22.5 Å². The molecule has 2 N–H and O–H groups in total. The van der Waals surface area contributed by atoms with Crippen molar-refractivity contribution in [2.45, 2.75) is 26.9 Å². The molecule has 4 rings (SSSR count). The van der Waals surface area contributed by atoms with Gasteiger partial charge in [-0.25, -0.2) is 15.0 Å². The van der Waals surface area contributed by atoms with Crippen LogP contribution in [0.3, 0.4) is 0 Å². The molecule has 188 valence electrons. The summed E-state index contributed by atoms with van der Waals surface area (Å²) in [6.45, 7) is 5.00. The molecule has 0 saturated heterocycles. The van der Waals surface area contributed by atoms with Gasteiger partial charge in [0.15, 0.2) is 0 Å². The highest BCUT2D eigenvalue weighted by molar-refractivity contribution is 6.04. The molecule has 0 bridgehead atoms. The molecule has 0 fully saturated rings. The van der Waals surface area contributed by atoms with Gasteiger partial charge in [0.05, 0.1) is 11.4 Å². The van der Waals surface area contributed by atoms with Crippen LogP contribution in [0.1, 0.15) is 34.4 Å². The Morgan fingerprint density at radius 1 is 0.838 bits per heavy atom. The monoisotopic (exact) mass is 506 g/mol. The van der Waals surface area contributed by atoms with Gasteiger partial charge in [-0.2, -0.15) is 13.2 Å². The highest BCUT2D eigenvalue weighted by Gasteiger charge is 2.33. The Balaban J connectivity index is 1.65. The molecule has 11 heteroatoms. The van der Waals surface area contributed by atoms with Gasteiger partial charge < -0.3 is 10.6 Å². The van der Waals surface area contributed by atoms with Gasteiger partial charge in [0.25, 0.3) is 5.91 Å². The molecule has 0 aliphatic rings. The third kappa shape index (κ3) is 6.13. The highest BCUT2D eigenvalue weighted by Crippen LogP contribution is 2.30. The molecule has 0 aliphatic carbocycles. The van der Waals surface area contributed by atoms with E-state index in [0.717, 1.165) is 11.8 Å². The van der Waals surface area contributed by atoms with Gasteiger partial charge in [-0.1, -0.05) is 6.07 Å². The zero-order valence-corrected chi connectivity index (χ0v) is 20.0. The van der Waals surface area contributed by atoms with E-state index < -0.39 is 17.8 Å². The van der Waals surface area contributed by atoms with Gasteiger partial charge in [0.1, 0.15) is 17.3 Å². The number of nitrogens with one attached hydrogen (secondary N) is 2. The Labute approximate surface area is 210 Å². The fourth-order valence-electron chi connectivity index (χ4n) is 3.60. The van der Waals surface area contributed by atoms with E-state index in [1.807, 2.05) is 6.92 Å². The van der Waals surface area contributed by atoms with Crippen LogP contribution in [0, 0.1) is 13.8 Å². The standard InChI is InChI=1S/C26H21F3N6O2/c1-14-4-5-19(35-25(37)18-7-8-30-23(10-18)26(27,28)29)12-20(14)22-13-21(32-15(2)33-22)17-6-9-31-24(11-17)34-16(3)36/h4-13H,1-3H3,(H,35,37)(H,31,34,36). The predicted molar refractivity (Wildman–Crippen MR) is 132 cm³/mol. The fraction of sp³-hybridized carbons (Fsp3) is 0.154. The summed E-state index contributed by atoms with van der Waals surface area (Å²) in [7, 11) is 0. The lowest BCUT2D eigenvalue weighted by atomic mass is 10.0. The molecule has 0 atom stereocenters. The third-order valence-corrected chi connectivity index (χ3v) is 5.28. The normalized spacial score (nSPS) is 11.2. The first-order valence-electron chi connectivity index (χ1n) is 11.0. The minimum Gasteiger partial charge on any atom is -0.322 e. The first kappa shape index (κ1) is 25.4. The maximum absolute atomic E-state index is 13.0. The van der Waals surface area contributed by atoms with Crippen molar-refractivity contribution in [2.75, 3.05) is 10.6 Å². The number of nitrogens with zero attached hydrogens (tertiary/aromatic N) is 4. The van der Waals surface area contributed by atoms with E-state index in [0.29, 0.717) is 45.9 Å². The first-order chi connectivity index (χ1) is 17.5. The quantitative estimate of drug-likeness (QED) is 0.373. The number of alkyl halides is 3. The van der Waals surface area contributed by atoms with Crippen molar-refractivity contribution in [3.63, 3.8) is 0 Å². The number of anilines is 2. The van der Waals surface area contributed by atoms with Crippen LogP contribution in [0.25, 0.3) is 22.5 Å². The van der Waals surface area contributed by atoms with Crippen LogP contribution in [0.2, 0.25) is 0 Å². The molecule has 2 amide bonds. The number of halogens is 3. The number of amides is 2. The van der Waals surface area contributed by atoms with Crippen molar-refractivity contribution >= 4 is 23.3 Å². The fourth-order valence-corrected chi connectivity index (χ4v) is 3.60. The highest BCUT2D eigenvalue weighted by atomic mass is 19.4. The van der Waals surface area contributed by atoms with E-state index in [4.69, 9.17) is 0 Å². The summed E-state index contributed by atoms with van der Waals surface area (Å²) in [6, 6.07) is 12.3. The smallest absolute Gasteiger partial charge is 0.322 e. The molecular formula is C26H21F3N6O2.